The number of rotatable bonds is 2. The second-order valence-electron chi connectivity index (χ2n) is 6.35. The van der Waals surface area contributed by atoms with Crippen molar-refractivity contribution in [2.24, 2.45) is 0 Å². The number of nitrogens with zero attached hydrogens (tertiary/aromatic N) is 1. The highest BCUT2D eigenvalue weighted by Crippen LogP contribution is 2.44. The lowest BCUT2D eigenvalue weighted by atomic mass is 9.96. The van der Waals surface area contributed by atoms with E-state index in [2.05, 4.69) is 5.32 Å². The topological polar surface area (TPSA) is 49.4 Å². The minimum Gasteiger partial charge on any atom is -0.322 e. The zero-order valence-electron chi connectivity index (χ0n) is 13.3. The molecule has 24 heavy (non-hydrogen) atoms. The number of carbonyl (C=O) groups is 2. The molecule has 0 saturated heterocycles. The van der Waals surface area contributed by atoms with Crippen LogP contribution in [0.3, 0.4) is 0 Å². The molecule has 4 rings (SSSR count). The smallest absolute Gasteiger partial charge is 0.255 e. The molecule has 0 bridgehead atoms. The summed E-state index contributed by atoms with van der Waals surface area (Å²) in [5, 5.41) is 3.54. The van der Waals surface area contributed by atoms with Gasteiger partial charge >= 0.3 is 0 Å². The lowest BCUT2D eigenvalue weighted by Gasteiger charge is -2.26. The highest BCUT2D eigenvalue weighted by atomic mass is 35.5. The number of amides is 2. The van der Waals surface area contributed by atoms with Crippen molar-refractivity contribution in [1.82, 2.24) is 0 Å². The van der Waals surface area contributed by atoms with Crippen molar-refractivity contribution >= 4 is 34.8 Å². The van der Waals surface area contributed by atoms with Crippen LogP contribution in [-0.2, 0) is 11.2 Å². The van der Waals surface area contributed by atoms with Crippen LogP contribution in [0.25, 0.3) is 0 Å². The predicted octanol–water partition coefficient (Wildman–Crippen LogP) is 3.99. The minimum absolute atomic E-state index is 0.149. The maximum absolute atomic E-state index is 12.4. The van der Waals surface area contributed by atoms with E-state index in [-0.39, 0.29) is 17.7 Å². The van der Waals surface area contributed by atoms with Crippen LogP contribution < -0.4 is 10.2 Å². The number of aryl methyl sites for hydroxylation is 1. The lowest BCUT2D eigenvalue weighted by Crippen LogP contribution is -2.32. The molecule has 0 fully saturated rings. The summed E-state index contributed by atoms with van der Waals surface area (Å²) in [6, 6.07) is 10.7. The molecule has 2 aromatic carbocycles. The average molecular weight is 341 g/mol. The molecule has 2 aliphatic rings. The standard InChI is InChI=1S/C19H17ClN2O2/c1-11-16-10-15(21-18(23)12-4-6-14(20)7-5-12)9-13-3-2-8-22(17(13)16)19(11)24/h4-7,9-11H,2-3,8H2,1H3,(H,21,23)/t11-/m0/s1. The van der Waals surface area contributed by atoms with Gasteiger partial charge in [-0.05, 0) is 67.3 Å². The molecule has 2 heterocycles. The summed E-state index contributed by atoms with van der Waals surface area (Å²) in [5.41, 5.74) is 4.51. The van der Waals surface area contributed by atoms with E-state index in [0.29, 0.717) is 10.6 Å². The van der Waals surface area contributed by atoms with Crippen molar-refractivity contribution < 1.29 is 9.59 Å². The number of anilines is 2. The SMILES string of the molecule is C[C@@H]1C(=O)N2CCCc3cc(NC(=O)c4ccc(Cl)cc4)cc1c32. The number of benzene rings is 2. The van der Waals surface area contributed by atoms with Crippen LogP contribution in [0.1, 0.15) is 40.7 Å². The first-order chi connectivity index (χ1) is 11.5. The largest absolute Gasteiger partial charge is 0.322 e. The van der Waals surface area contributed by atoms with Crippen LogP contribution in [0.5, 0.6) is 0 Å². The molecule has 5 heteroatoms. The van der Waals surface area contributed by atoms with E-state index >= 15 is 0 Å². The number of hydrogen-bond donors (Lipinski definition) is 1. The van der Waals surface area contributed by atoms with Gasteiger partial charge in [0.1, 0.15) is 0 Å². The van der Waals surface area contributed by atoms with Gasteiger partial charge in [-0.25, -0.2) is 0 Å². The summed E-state index contributed by atoms with van der Waals surface area (Å²) >= 11 is 5.86. The third-order valence-electron chi connectivity index (χ3n) is 4.78. The van der Waals surface area contributed by atoms with Gasteiger partial charge in [-0.3, -0.25) is 9.59 Å². The van der Waals surface area contributed by atoms with Gasteiger partial charge < -0.3 is 10.2 Å². The Morgan fingerprint density at radius 1 is 1.25 bits per heavy atom. The van der Waals surface area contributed by atoms with Crippen molar-refractivity contribution in [2.75, 3.05) is 16.8 Å². The first-order valence-electron chi connectivity index (χ1n) is 8.09. The summed E-state index contributed by atoms with van der Waals surface area (Å²) in [6.45, 7) is 2.72. The number of nitrogens with one attached hydrogen (secondary N) is 1. The van der Waals surface area contributed by atoms with Crippen molar-refractivity contribution in [3.63, 3.8) is 0 Å². The maximum Gasteiger partial charge on any atom is 0.255 e. The predicted molar refractivity (Wildman–Crippen MR) is 94.9 cm³/mol. The van der Waals surface area contributed by atoms with Crippen molar-refractivity contribution in [1.29, 1.82) is 0 Å². The van der Waals surface area contributed by atoms with Crippen molar-refractivity contribution in [3.8, 4) is 0 Å². The zero-order chi connectivity index (χ0) is 16.8. The molecule has 122 valence electrons. The zero-order valence-corrected chi connectivity index (χ0v) is 14.1. The van der Waals surface area contributed by atoms with Crippen LogP contribution in [0, 0.1) is 0 Å². The van der Waals surface area contributed by atoms with Crippen LogP contribution >= 0.6 is 11.6 Å². The summed E-state index contributed by atoms with van der Waals surface area (Å²) in [4.78, 5) is 26.7. The van der Waals surface area contributed by atoms with Gasteiger partial charge in [0.2, 0.25) is 5.91 Å². The minimum atomic E-state index is -0.177. The van der Waals surface area contributed by atoms with Crippen LogP contribution in [0.4, 0.5) is 11.4 Å². The Hall–Kier alpha value is -2.33. The molecule has 1 N–H and O–H groups in total. The Labute approximate surface area is 145 Å². The highest BCUT2D eigenvalue weighted by Gasteiger charge is 2.37. The van der Waals surface area contributed by atoms with E-state index < -0.39 is 0 Å². The Morgan fingerprint density at radius 3 is 2.75 bits per heavy atom. The summed E-state index contributed by atoms with van der Waals surface area (Å²) in [7, 11) is 0. The van der Waals surface area contributed by atoms with Gasteiger partial charge in [0, 0.05) is 22.8 Å². The van der Waals surface area contributed by atoms with E-state index in [9.17, 15) is 9.59 Å². The van der Waals surface area contributed by atoms with Gasteiger partial charge in [0.05, 0.1) is 11.6 Å². The quantitative estimate of drug-likeness (QED) is 0.898. The number of hydrogen-bond acceptors (Lipinski definition) is 2. The Bertz CT molecular complexity index is 845. The first kappa shape index (κ1) is 15.2. The van der Waals surface area contributed by atoms with E-state index in [1.807, 2.05) is 24.0 Å². The fourth-order valence-corrected chi connectivity index (χ4v) is 3.70. The highest BCUT2D eigenvalue weighted by molar-refractivity contribution is 6.30. The third kappa shape index (κ3) is 2.38. The lowest BCUT2D eigenvalue weighted by molar-refractivity contribution is -0.119. The van der Waals surface area contributed by atoms with E-state index in [4.69, 9.17) is 11.6 Å². The van der Waals surface area contributed by atoms with Crippen molar-refractivity contribution in [3.05, 3.63) is 58.1 Å². The Balaban J connectivity index is 1.67. The molecule has 0 saturated carbocycles. The van der Waals surface area contributed by atoms with Gasteiger partial charge in [-0.15, -0.1) is 0 Å². The van der Waals surface area contributed by atoms with E-state index in [1.165, 1.54) is 0 Å². The maximum atomic E-state index is 12.4. The molecule has 0 aromatic heterocycles. The molecule has 4 nitrogen and oxygen atoms in total. The molecular formula is C19H17ClN2O2. The van der Waals surface area contributed by atoms with Gasteiger partial charge in [0.25, 0.3) is 5.91 Å². The van der Waals surface area contributed by atoms with E-state index in [0.717, 1.165) is 41.9 Å². The molecule has 0 unspecified atom stereocenters. The summed E-state index contributed by atoms with van der Waals surface area (Å²) < 4.78 is 0. The fourth-order valence-electron chi connectivity index (χ4n) is 3.57. The molecule has 0 spiro atoms. The fraction of sp³-hybridized carbons (Fsp3) is 0.263. The van der Waals surface area contributed by atoms with Gasteiger partial charge in [-0.2, -0.15) is 0 Å². The van der Waals surface area contributed by atoms with Crippen LogP contribution in [0.2, 0.25) is 5.02 Å². The second-order valence-corrected chi connectivity index (χ2v) is 6.79. The Morgan fingerprint density at radius 2 is 2.00 bits per heavy atom. The number of halogens is 1. The monoisotopic (exact) mass is 340 g/mol. The molecular weight excluding hydrogens is 324 g/mol. The summed E-state index contributed by atoms with van der Waals surface area (Å²) in [5.74, 6) is -0.167. The Kier molecular flexibility index (Phi) is 3.57. The number of carbonyl (C=O) groups excluding carboxylic acids is 2. The average Bonchev–Trinajstić information content (AvgIpc) is 2.82. The van der Waals surface area contributed by atoms with Gasteiger partial charge in [-0.1, -0.05) is 11.6 Å². The van der Waals surface area contributed by atoms with Crippen LogP contribution in [-0.4, -0.2) is 18.4 Å². The molecule has 1 atom stereocenters. The summed E-state index contributed by atoms with van der Waals surface area (Å²) in [6.07, 6.45) is 1.89. The second kappa shape index (κ2) is 5.64. The molecule has 2 amide bonds. The molecule has 2 aliphatic heterocycles. The third-order valence-corrected chi connectivity index (χ3v) is 5.04. The van der Waals surface area contributed by atoms with Crippen LogP contribution in [0.15, 0.2) is 36.4 Å². The van der Waals surface area contributed by atoms with E-state index in [1.54, 1.807) is 24.3 Å². The molecule has 2 aromatic rings. The molecule has 0 aliphatic carbocycles. The van der Waals surface area contributed by atoms with Gasteiger partial charge in [0.15, 0.2) is 0 Å². The van der Waals surface area contributed by atoms with Crippen molar-refractivity contribution in [2.45, 2.75) is 25.7 Å². The molecule has 0 radical (unpaired) electrons. The first-order valence-corrected chi connectivity index (χ1v) is 8.47. The normalized spacial score (nSPS) is 18.5.